The molecule has 30 heavy (non-hydrogen) atoms. The van der Waals surface area contributed by atoms with Crippen LogP contribution in [0.15, 0.2) is 42.7 Å². The summed E-state index contributed by atoms with van der Waals surface area (Å²) in [4.78, 5) is 28.8. The van der Waals surface area contributed by atoms with E-state index in [0.29, 0.717) is 17.8 Å². The molecule has 158 valence electrons. The van der Waals surface area contributed by atoms with Crippen LogP contribution in [0.5, 0.6) is 0 Å². The molecule has 2 aromatic heterocycles. The lowest BCUT2D eigenvalue weighted by Gasteiger charge is -2.12. The Morgan fingerprint density at radius 1 is 1.10 bits per heavy atom. The number of nitrogens with zero attached hydrogens (tertiary/aromatic N) is 3. The van der Waals surface area contributed by atoms with Crippen molar-refractivity contribution in [3.8, 4) is 0 Å². The Hall–Kier alpha value is -3.42. The van der Waals surface area contributed by atoms with Crippen LogP contribution in [0.1, 0.15) is 56.1 Å². The van der Waals surface area contributed by atoms with E-state index < -0.39 is 0 Å². The Kier molecular flexibility index (Phi) is 6.66. The largest absolute Gasteiger partial charge is 0.350 e. The number of benzene rings is 1. The molecule has 0 radical (unpaired) electrons. The SMILES string of the molecule is CC[C@@H](C)NC(=O)c1ccc(CNC(=O)Nc2cnc3c(cnn3C(C)C)c2)cc1. The van der Waals surface area contributed by atoms with Crippen molar-refractivity contribution in [2.45, 2.75) is 52.7 Å². The van der Waals surface area contributed by atoms with Gasteiger partial charge in [-0.15, -0.1) is 0 Å². The zero-order chi connectivity index (χ0) is 21.7. The minimum Gasteiger partial charge on any atom is -0.350 e. The summed E-state index contributed by atoms with van der Waals surface area (Å²) in [5, 5.41) is 13.7. The highest BCUT2D eigenvalue weighted by molar-refractivity contribution is 5.94. The van der Waals surface area contributed by atoms with Crippen molar-refractivity contribution in [3.05, 3.63) is 53.9 Å². The zero-order valence-corrected chi connectivity index (χ0v) is 17.8. The van der Waals surface area contributed by atoms with Gasteiger partial charge in [0.2, 0.25) is 0 Å². The Bertz CT molecular complexity index is 1030. The molecule has 0 unspecified atom stereocenters. The number of rotatable bonds is 7. The first kappa shape index (κ1) is 21.3. The molecule has 2 heterocycles. The maximum atomic E-state index is 12.2. The lowest BCUT2D eigenvalue weighted by Crippen LogP contribution is -2.32. The third-order valence-electron chi connectivity index (χ3n) is 4.84. The second-order valence-corrected chi connectivity index (χ2v) is 7.61. The molecular formula is C22H28N6O2. The predicted molar refractivity (Wildman–Crippen MR) is 117 cm³/mol. The van der Waals surface area contributed by atoms with Crippen molar-refractivity contribution in [3.63, 3.8) is 0 Å². The summed E-state index contributed by atoms with van der Waals surface area (Å²) in [6.07, 6.45) is 4.24. The summed E-state index contributed by atoms with van der Waals surface area (Å²) in [6, 6.07) is 9.05. The van der Waals surface area contributed by atoms with Gasteiger partial charge in [0.25, 0.3) is 5.91 Å². The molecule has 0 saturated carbocycles. The zero-order valence-electron chi connectivity index (χ0n) is 17.8. The lowest BCUT2D eigenvalue weighted by molar-refractivity contribution is 0.0939. The van der Waals surface area contributed by atoms with Crippen LogP contribution in [0, 0.1) is 0 Å². The van der Waals surface area contributed by atoms with Crippen molar-refractivity contribution >= 4 is 28.7 Å². The predicted octanol–water partition coefficient (Wildman–Crippen LogP) is 3.86. The third kappa shape index (κ3) is 5.14. The first-order valence-corrected chi connectivity index (χ1v) is 10.1. The van der Waals surface area contributed by atoms with Gasteiger partial charge in [-0.3, -0.25) is 4.79 Å². The van der Waals surface area contributed by atoms with Gasteiger partial charge in [-0.25, -0.2) is 14.5 Å². The van der Waals surface area contributed by atoms with Gasteiger partial charge in [0, 0.05) is 29.6 Å². The number of hydrogen-bond acceptors (Lipinski definition) is 4. The Labute approximate surface area is 176 Å². The maximum absolute atomic E-state index is 12.2. The Morgan fingerprint density at radius 2 is 1.83 bits per heavy atom. The summed E-state index contributed by atoms with van der Waals surface area (Å²) in [7, 11) is 0. The van der Waals surface area contributed by atoms with E-state index in [0.717, 1.165) is 23.0 Å². The molecule has 0 aliphatic carbocycles. The second kappa shape index (κ2) is 9.39. The summed E-state index contributed by atoms with van der Waals surface area (Å²) in [5.41, 5.74) is 2.88. The molecule has 3 aromatic rings. The third-order valence-corrected chi connectivity index (χ3v) is 4.84. The van der Waals surface area contributed by atoms with Crippen LogP contribution < -0.4 is 16.0 Å². The molecule has 0 bridgehead atoms. The highest BCUT2D eigenvalue weighted by Crippen LogP contribution is 2.19. The van der Waals surface area contributed by atoms with Crippen LogP contribution in [0.2, 0.25) is 0 Å². The van der Waals surface area contributed by atoms with E-state index in [2.05, 4.69) is 26.0 Å². The van der Waals surface area contributed by atoms with E-state index in [1.807, 2.05) is 50.6 Å². The number of urea groups is 1. The van der Waals surface area contributed by atoms with Gasteiger partial charge in [-0.2, -0.15) is 5.10 Å². The molecule has 0 spiro atoms. The standard InChI is InChI=1S/C22H28N6O2/c1-5-15(4)26-21(29)17-8-6-16(7-9-17)11-24-22(30)27-19-10-18-12-25-28(14(2)3)20(18)23-13-19/h6-10,12-15H,5,11H2,1-4H3,(H,26,29)(H2,24,27,30)/t15-/m1/s1. The summed E-state index contributed by atoms with van der Waals surface area (Å²) in [5.74, 6) is -0.0923. The average molecular weight is 409 g/mol. The average Bonchev–Trinajstić information content (AvgIpc) is 3.16. The molecule has 3 N–H and O–H groups in total. The van der Waals surface area contributed by atoms with E-state index in [1.165, 1.54) is 0 Å². The van der Waals surface area contributed by atoms with E-state index >= 15 is 0 Å². The van der Waals surface area contributed by atoms with Crippen LogP contribution in [0.3, 0.4) is 0 Å². The number of carbonyl (C=O) groups is 2. The van der Waals surface area contributed by atoms with Gasteiger partial charge in [-0.05, 0) is 51.0 Å². The summed E-state index contributed by atoms with van der Waals surface area (Å²) >= 11 is 0. The molecule has 1 atom stereocenters. The molecule has 0 aliphatic rings. The van der Waals surface area contributed by atoms with Crippen molar-refractivity contribution in [1.82, 2.24) is 25.4 Å². The number of amides is 3. The van der Waals surface area contributed by atoms with Crippen molar-refractivity contribution in [2.24, 2.45) is 0 Å². The normalized spacial score (nSPS) is 12.0. The van der Waals surface area contributed by atoms with Gasteiger partial charge in [0.05, 0.1) is 18.1 Å². The van der Waals surface area contributed by atoms with Gasteiger partial charge in [0.15, 0.2) is 5.65 Å². The number of hydrogen-bond donors (Lipinski definition) is 3. The number of pyridine rings is 1. The number of aromatic nitrogens is 3. The Balaban J connectivity index is 1.54. The highest BCUT2D eigenvalue weighted by Gasteiger charge is 2.10. The van der Waals surface area contributed by atoms with E-state index in [4.69, 9.17) is 0 Å². The molecule has 0 saturated heterocycles. The molecule has 3 amide bonds. The molecule has 8 nitrogen and oxygen atoms in total. The summed E-state index contributed by atoms with van der Waals surface area (Å²) in [6.45, 7) is 8.42. The fraction of sp³-hybridized carbons (Fsp3) is 0.364. The molecule has 8 heteroatoms. The van der Waals surface area contributed by atoms with Crippen LogP contribution in [-0.2, 0) is 6.54 Å². The van der Waals surface area contributed by atoms with Gasteiger partial charge >= 0.3 is 6.03 Å². The molecule has 3 rings (SSSR count). The van der Waals surface area contributed by atoms with Crippen LogP contribution in [0.25, 0.3) is 11.0 Å². The first-order valence-electron chi connectivity index (χ1n) is 10.1. The fourth-order valence-electron chi connectivity index (χ4n) is 2.93. The van der Waals surface area contributed by atoms with Crippen LogP contribution >= 0.6 is 0 Å². The quantitative estimate of drug-likeness (QED) is 0.552. The minimum absolute atomic E-state index is 0.0923. The monoisotopic (exact) mass is 408 g/mol. The first-order chi connectivity index (χ1) is 14.4. The minimum atomic E-state index is -0.328. The smallest absolute Gasteiger partial charge is 0.319 e. The molecule has 1 aromatic carbocycles. The van der Waals surface area contributed by atoms with Crippen LogP contribution in [-0.4, -0.2) is 32.7 Å². The molecular weight excluding hydrogens is 380 g/mol. The van der Waals surface area contributed by atoms with Gasteiger partial charge < -0.3 is 16.0 Å². The van der Waals surface area contributed by atoms with Crippen molar-refractivity contribution in [2.75, 3.05) is 5.32 Å². The maximum Gasteiger partial charge on any atom is 0.319 e. The van der Waals surface area contributed by atoms with Gasteiger partial charge in [0.1, 0.15) is 0 Å². The highest BCUT2D eigenvalue weighted by atomic mass is 16.2. The van der Waals surface area contributed by atoms with Crippen molar-refractivity contribution in [1.29, 1.82) is 0 Å². The number of fused-ring (bicyclic) bond motifs is 1. The van der Waals surface area contributed by atoms with E-state index in [1.54, 1.807) is 24.5 Å². The molecule has 0 aliphatic heterocycles. The van der Waals surface area contributed by atoms with Crippen LogP contribution in [0.4, 0.5) is 10.5 Å². The van der Waals surface area contributed by atoms with E-state index in [-0.39, 0.29) is 24.0 Å². The summed E-state index contributed by atoms with van der Waals surface area (Å²) < 4.78 is 1.84. The Morgan fingerprint density at radius 3 is 2.50 bits per heavy atom. The second-order valence-electron chi connectivity index (χ2n) is 7.61. The number of anilines is 1. The fourth-order valence-corrected chi connectivity index (χ4v) is 2.93. The topological polar surface area (TPSA) is 101 Å². The number of nitrogens with one attached hydrogen (secondary N) is 3. The van der Waals surface area contributed by atoms with E-state index in [9.17, 15) is 9.59 Å². The van der Waals surface area contributed by atoms with Crippen molar-refractivity contribution < 1.29 is 9.59 Å². The number of carbonyl (C=O) groups excluding carboxylic acids is 2. The molecule has 0 fully saturated rings. The van der Waals surface area contributed by atoms with Gasteiger partial charge in [-0.1, -0.05) is 19.1 Å². The lowest BCUT2D eigenvalue weighted by atomic mass is 10.1.